The van der Waals surface area contributed by atoms with Gasteiger partial charge in [-0.05, 0) is 17.7 Å². The molecule has 0 aliphatic heterocycles. The zero-order valence-electron chi connectivity index (χ0n) is 10.3. The number of anilines is 1. The standard InChI is InChI=1S/C13H12ClN5/c1-15-12-11-6-18-19(13(11)17-8-16-12)7-9-3-2-4-10(14)5-9/h2-6,8H,7H2,1H3,(H,15,16,17). The normalized spacial score (nSPS) is 10.8. The Bertz CT molecular complexity index is 722. The Hall–Kier alpha value is -2.14. The molecule has 2 aromatic heterocycles. The molecule has 0 atom stereocenters. The Kier molecular flexibility index (Phi) is 3.05. The number of rotatable bonds is 3. The predicted molar refractivity (Wildman–Crippen MR) is 75.4 cm³/mol. The topological polar surface area (TPSA) is 55.6 Å². The Morgan fingerprint density at radius 3 is 3.00 bits per heavy atom. The molecule has 1 aromatic carbocycles. The maximum atomic E-state index is 5.99. The molecule has 3 rings (SSSR count). The highest BCUT2D eigenvalue weighted by Crippen LogP contribution is 2.19. The summed E-state index contributed by atoms with van der Waals surface area (Å²) < 4.78 is 1.84. The minimum absolute atomic E-state index is 0.629. The van der Waals surface area contributed by atoms with E-state index in [1.165, 1.54) is 6.33 Å². The van der Waals surface area contributed by atoms with E-state index in [1.807, 2.05) is 36.0 Å². The SMILES string of the molecule is CNc1ncnc2c1cnn2Cc1cccc(Cl)c1. The zero-order chi connectivity index (χ0) is 13.2. The van der Waals surface area contributed by atoms with Gasteiger partial charge in [0.15, 0.2) is 5.65 Å². The van der Waals surface area contributed by atoms with E-state index in [4.69, 9.17) is 11.6 Å². The van der Waals surface area contributed by atoms with Crippen molar-refractivity contribution in [3.05, 3.63) is 47.4 Å². The number of halogens is 1. The lowest BCUT2D eigenvalue weighted by atomic mass is 10.2. The van der Waals surface area contributed by atoms with Crippen molar-refractivity contribution in [1.29, 1.82) is 0 Å². The van der Waals surface area contributed by atoms with E-state index in [2.05, 4.69) is 20.4 Å². The van der Waals surface area contributed by atoms with Crippen molar-refractivity contribution in [2.75, 3.05) is 12.4 Å². The minimum atomic E-state index is 0.629. The molecule has 6 heteroatoms. The van der Waals surface area contributed by atoms with Gasteiger partial charge < -0.3 is 5.32 Å². The fraction of sp³-hybridized carbons (Fsp3) is 0.154. The predicted octanol–water partition coefficient (Wildman–Crippen LogP) is 2.57. The van der Waals surface area contributed by atoms with Gasteiger partial charge in [-0.15, -0.1) is 0 Å². The number of aromatic nitrogens is 4. The van der Waals surface area contributed by atoms with E-state index >= 15 is 0 Å². The first-order chi connectivity index (χ1) is 9.28. The third-order valence-electron chi connectivity index (χ3n) is 2.89. The van der Waals surface area contributed by atoms with Crippen molar-refractivity contribution in [2.45, 2.75) is 6.54 Å². The number of benzene rings is 1. The van der Waals surface area contributed by atoms with Crippen molar-refractivity contribution in [3.8, 4) is 0 Å². The molecule has 0 amide bonds. The van der Waals surface area contributed by atoms with E-state index < -0.39 is 0 Å². The van der Waals surface area contributed by atoms with E-state index in [9.17, 15) is 0 Å². The van der Waals surface area contributed by atoms with Gasteiger partial charge >= 0.3 is 0 Å². The van der Waals surface area contributed by atoms with Gasteiger partial charge in [0.1, 0.15) is 12.1 Å². The number of nitrogens with one attached hydrogen (secondary N) is 1. The van der Waals surface area contributed by atoms with Crippen molar-refractivity contribution in [2.24, 2.45) is 0 Å². The largest absolute Gasteiger partial charge is 0.372 e. The number of nitrogens with zero attached hydrogens (tertiary/aromatic N) is 4. The molecule has 5 nitrogen and oxygen atoms in total. The van der Waals surface area contributed by atoms with Gasteiger partial charge in [0.2, 0.25) is 0 Å². The fourth-order valence-corrected chi connectivity index (χ4v) is 2.23. The summed E-state index contributed by atoms with van der Waals surface area (Å²) >= 11 is 5.99. The molecule has 0 saturated heterocycles. The highest BCUT2D eigenvalue weighted by Gasteiger charge is 2.08. The van der Waals surface area contributed by atoms with Crippen molar-refractivity contribution in [3.63, 3.8) is 0 Å². The molecule has 0 radical (unpaired) electrons. The lowest BCUT2D eigenvalue weighted by Crippen LogP contribution is -2.03. The third kappa shape index (κ3) is 2.24. The molecular formula is C13H12ClN5. The van der Waals surface area contributed by atoms with Gasteiger partial charge in [0, 0.05) is 12.1 Å². The molecule has 96 valence electrons. The summed E-state index contributed by atoms with van der Waals surface area (Å²) in [5.41, 5.74) is 1.89. The van der Waals surface area contributed by atoms with Crippen LogP contribution in [-0.2, 0) is 6.54 Å². The molecule has 0 spiro atoms. The lowest BCUT2D eigenvalue weighted by Gasteiger charge is -2.04. The first kappa shape index (κ1) is 11.9. The monoisotopic (exact) mass is 273 g/mol. The molecule has 2 heterocycles. The Morgan fingerprint density at radius 2 is 2.21 bits per heavy atom. The van der Waals surface area contributed by atoms with Gasteiger partial charge in [-0.1, -0.05) is 23.7 Å². The minimum Gasteiger partial charge on any atom is -0.372 e. The van der Waals surface area contributed by atoms with Gasteiger partial charge in [-0.3, -0.25) is 0 Å². The molecule has 0 saturated carbocycles. The molecule has 0 fully saturated rings. The van der Waals surface area contributed by atoms with Crippen LogP contribution in [0.15, 0.2) is 36.8 Å². The van der Waals surface area contributed by atoms with Crippen molar-refractivity contribution in [1.82, 2.24) is 19.7 Å². The lowest BCUT2D eigenvalue weighted by molar-refractivity contribution is 0.704. The smallest absolute Gasteiger partial charge is 0.163 e. The molecule has 3 aromatic rings. The third-order valence-corrected chi connectivity index (χ3v) is 3.13. The Morgan fingerprint density at radius 1 is 1.32 bits per heavy atom. The molecular weight excluding hydrogens is 262 g/mol. The van der Waals surface area contributed by atoms with Crippen LogP contribution in [0.1, 0.15) is 5.56 Å². The average Bonchev–Trinajstić information content (AvgIpc) is 2.82. The summed E-state index contributed by atoms with van der Waals surface area (Å²) in [6, 6.07) is 7.72. The van der Waals surface area contributed by atoms with Gasteiger partial charge in [-0.2, -0.15) is 5.10 Å². The van der Waals surface area contributed by atoms with E-state index in [0.29, 0.717) is 6.54 Å². The number of hydrogen-bond acceptors (Lipinski definition) is 4. The summed E-state index contributed by atoms with van der Waals surface area (Å²) in [6.07, 6.45) is 3.30. The molecule has 19 heavy (non-hydrogen) atoms. The molecule has 0 unspecified atom stereocenters. The highest BCUT2D eigenvalue weighted by molar-refractivity contribution is 6.30. The number of hydrogen-bond donors (Lipinski definition) is 1. The summed E-state index contributed by atoms with van der Waals surface area (Å²) in [5.74, 6) is 0.780. The van der Waals surface area contributed by atoms with Crippen LogP contribution in [0.25, 0.3) is 11.0 Å². The summed E-state index contributed by atoms with van der Waals surface area (Å²) in [5, 5.41) is 9.02. The van der Waals surface area contributed by atoms with E-state index in [1.54, 1.807) is 6.20 Å². The van der Waals surface area contributed by atoms with Gasteiger partial charge in [0.05, 0.1) is 18.1 Å². The first-order valence-corrected chi connectivity index (χ1v) is 6.24. The highest BCUT2D eigenvalue weighted by atomic mass is 35.5. The first-order valence-electron chi connectivity index (χ1n) is 5.86. The molecule has 1 N–H and O–H groups in total. The molecule has 0 aliphatic carbocycles. The fourth-order valence-electron chi connectivity index (χ4n) is 2.02. The maximum Gasteiger partial charge on any atom is 0.163 e. The Balaban J connectivity index is 2.02. The van der Waals surface area contributed by atoms with Crippen LogP contribution in [-0.4, -0.2) is 26.8 Å². The summed E-state index contributed by atoms with van der Waals surface area (Å²) in [6.45, 7) is 0.629. The van der Waals surface area contributed by atoms with Gasteiger partial charge in [-0.25, -0.2) is 14.6 Å². The van der Waals surface area contributed by atoms with E-state index in [0.717, 1.165) is 27.4 Å². The average molecular weight is 274 g/mol. The summed E-state index contributed by atoms with van der Waals surface area (Å²) in [4.78, 5) is 8.45. The van der Waals surface area contributed by atoms with Crippen LogP contribution in [0.4, 0.5) is 5.82 Å². The van der Waals surface area contributed by atoms with Crippen LogP contribution in [0.5, 0.6) is 0 Å². The van der Waals surface area contributed by atoms with Crippen LogP contribution >= 0.6 is 11.6 Å². The van der Waals surface area contributed by atoms with Crippen molar-refractivity contribution < 1.29 is 0 Å². The van der Waals surface area contributed by atoms with Gasteiger partial charge in [0.25, 0.3) is 0 Å². The molecule has 0 bridgehead atoms. The van der Waals surface area contributed by atoms with Crippen LogP contribution < -0.4 is 5.32 Å². The zero-order valence-corrected chi connectivity index (χ0v) is 11.1. The number of fused-ring (bicyclic) bond motifs is 1. The van der Waals surface area contributed by atoms with Crippen LogP contribution in [0, 0.1) is 0 Å². The van der Waals surface area contributed by atoms with Crippen molar-refractivity contribution >= 4 is 28.5 Å². The second-order valence-corrected chi connectivity index (χ2v) is 4.58. The van der Waals surface area contributed by atoms with Crippen LogP contribution in [0.2, 0.25) is 5.02 Å². The van der Waals surface area contributed by atoms with E-state index in [-0.39, 0.29) is 0 Å². The maximum absolute atomic E-state index is 5.99. The van der Waals surface area contributed by atoms with Crippen LogP contribution in [0.3, 0.4) is 0 Å². The Labute approximate surface area is 115 Å². The summed E-state index contributed by atoms with van der Waals surface area (Å²) in [7, 11) is 1.83. The second-order valence-electron chi connectivity index (χ2n) is 4.14. The quantitative estimate of drug-likeness (QED) is 0.797. The second kappa shape index (κ2) is 4.85. The molecule has 0 aliphatic rings.